The van der Waals surface area contributed by atoms with Crippen LogP contribution in [0.5, 0.6) is 0 Å². The monoisotopic (exact) mass is 498 g/mol. The molecule has 0 saturated heterocycles. The Balaban J connectivity index is 0.00000676. The van der Waals surface area contributed by atoms with Crippen molar-refractivity contribution in [1.29, 1.82) is 0 Å². The maximum absolute atomic E-state index is 13.6. The van der Waals surface area contributed by atoms with Crippen LogP contribution in [0.15, 0.2) is 23.2 Å². The lowest BCUT2D eigenvalue weighted by Crippen LogP contribution is -2.40. The molecule has 3 N–H and O–H groups in total. The molecule has 0 fully saturated rings. The summed E-state index contributed by atoms with van der Waals surface area (Å²) in [6, 6.07) is 3.55. The van der Waals surface area contributed by atoms with E-state index < -0.39 is 23.3 Å². The zero-order chi connectivity index (χ0) is 19.6. The maximum Gasteiger partial charge on any atom is 0.407 e. The molecule has 0 aliphatic carbocycles. The topological polar surface area (TPSA) is 74.8 Å². The molecule has 0 radical (unpaired) electrons. The maximum atomic E-state index is 13.6. The molecule has 1 amide bonds. The van der Waals surface area contributed by atoms with E-state index in [1.54, 1.807) is 7.05 Å². The first kappa shape index (κ1) is 25.4. The number of benzene rings is 1. The van der Waals surface area contributed by atoms with E-state index in [0.717, 1.165) is 6.07 Å². The van der Waals surface area contributed by atoms with Crippen LogP contribution in [0.2, 0.25) is 0 Å². The minimum atomic E-state index is -0.586. The fraction of sp³-hybridized carbons (Fsp3) is 0.556. The lowest BCUT2D eigenvalue weighted by molar-refractivity contribution is 0.0527. The van der Waals surface area contributed by atoms with Gasteiger partial charge >= 0.3 is 6.09 Å². The molecule has 9 heteroatoms. The lowest BCUT2D eigenvalue weighted by atomic mass is 10.1. The molecular weight excluding hydrogens is 469 g/mol. The highest BCUT2D eigenvalue weighted by molar-refractivity contribution is 14.0. The number of hydrogen-bond donors (Lipinski definition) is 3. The van der Waals surface area contributed by atoms with Crippen LogP contribution in [0, 0.1) is 11.6 Å². The summed E-state index contributed by atoms with van der Waals surface area (Å²) in [5.74, 6) is -0.565. The molecule has 0 heterocycles. The molecule has 1 rings (SSSR count). The van der Waals surface area contributed by atoms with Crippen molar-refractivity contribution in [2.24, 2.45) is 4.99 Å². The molecule has 0 atom stereocenters. The van der Waals surface area contributed by atoms with Crippen LogP contribution in [0.4, 0.5) is 13.6 Å². The van der Waals surface area contributed by atoms with Gasteiger partial charge in [0, 0.05) is 32.7 Å². The summed E-state index contributed by atoms with van der Waals surface area (Å²) >= 11 is 0. The Bertz CT molecular complexity index is 622. The zero-order valence-electron chi connectivity index (χ0n) is 16.2. The number of hydrogen-bond acceptors (Lipinski definition) is 3. The Labute approximate surface area is 176 Å². The van der Waals surface area contributed by atoms with Gasteiger partial charge in [0.05, 0.1) is 0 Å². The van der Waals surface area contributed by atoms with Gasteiger partial charge in [0.25, 0.3) is 0 Å². The van der Waals surface area contributed by atoms with Crippen LogP contribution in [-0.4, -0.2) is 44.3 Å². The molecule has 154 valence electrons. The van der Waals surface area contributed by atoms with Crippen molar-refractivity contribution in [2.75, 3.05) is 26.7 Å². The molecule has 1 aromatic carbocycles. The van der Waals surface area contributed by atoms with E-state index in [9.17, 15) is 13.6 Å². The first-order chi connectivity index (χ1) is 12.2. The van der Waals surface area contributed by atoms with Gasteiger partial charge in [-0.05, 0) is 45.2 Å². The molecule has 0 aliphatic rings. The summed E-state index contributed by atoms with van der Waals surface area (Å²) < 4.78 is 31.6. The quantitative estimate of drug-likeness (QED) is 0.234. The fourth-order valence-corrected chi connectivity index (χ4v) is 2.06. The second-order valence-corrected chi connectivity index (χ2v) is 6.69. The number of carbonyl (C=O) groups excluding carboxylic acids is 1. The molecule has 1 aromatic rings. The zero-order valence-corrected chi connectivity index (χ0v) is 18.5. The van der Waals surface area contributed by atoms with E-state index in [-0.39, 0.29) is 24.0 Å². The van der Waals surface area contributed by atoms with Crippen LogP contribution in [0.25, 0.3) is 0 Å². The van der Waals surface area contributed by atoms with Crippen LogP contribution in [0.3, 0.4) is 0 Å². The van der Waals surface area contributed by atoms with Crippen LogP contribution >= 0.6 is 24.0 Å². The number of aliphatic imine (C=N–C) groups is 1. The van der Waals surface area contributed by atoms with Crippen molar-refractivity contribution >= 4 is 36.0 Å². The molecule has 27 heavy (non-hydrogen) atoms. The largest absolute Gasteiger partial charge is 0.444 e. The van der Waals surface area contributed by atoms with Crippen LogP contribution in [0.1, 0.15) is 32.8 Å². The first-order valence-electron chi connectivity index (χ1n) is 8.56. The third-order valence-corrected chi connectivity index (χ3v) is 3.24. The minimum absolute atomic E-state index is 0. The van der Waals surface area contributed by atoms with Crippen LogP contribution < -0.4 is 16.0 Å². The molecule has 0 aromatic heterocycles. The highest BCUT2D eigenvalue weighted by Gasteiger charge is 2.15. The molecule has 0 saturated carbocycles. The number of carbonyl (C=O) groups is 1. The van der Waals surface area contributed by atoms with Gasteiger partial charge in [-0.1, -0.05) is 6.07 Å². The fourth-order valence-electron chi connectivity index (χ4n) is 2.06. The van der Waals surface area contributed by atoms with E-state index in [0.29, 0.717) is 44.0 Å². The summed E-state index contributed by atoms with van der Waals surface area (Å²) in [6.07, 6.45) is 0.654. The summed E-state index contributed by atoms with van der Waals surface area (Å²) in [5, 5.41) is 8.82. The lowest BCUT2D eigenvalue weighted by Gasteiger charge is -2.19. The van der Waals surface area contributed by atoms with E-state index in [4.69, 9.17) is 4.74 Å². The molecule has 0 spiro atoms. The molecule has 0 aliphatic heterocycles. The van der Waals surface area contributed by atoms with Gasteiger partial charge in [0.15, 0.2) is 5.96 Å². The number of ether oxygens (including phenoxy) is 1. The number of rotatable bonds is 7. The molecule has 0 bridgehead atoms. The second kappa shape index (κ2) is 12.7. The average molecular weight is 498 g/mol. The number of nitrogens with zero attached hydrogens (tertiary/aromatic N) is 1. The summed E-state index contributed by atoms with van der Waals surface area (Å²) in [5.41, 5.74) is -0.0749. The average Bonchev–Trinajstić information content (AvgIpc) is 2.53. The highest BCUT2D eigenvalue weighted by atomic mass is 127. The standard InChI is InChI=1S/C18H28F2N4O2.HI/c1-18(2,3)26-17(25)24-10-5-9-22-16(21-4)23-11-8-13-6-7-14(19)12-15(13)20;/h6-7,12H,5,8-11H2,1-4H3,(H,24,25)(H2,21,22,23);1H. The summed E-state index contributed by atoms with van der Waals surface area (Å²) in [6.45, 7) is 6.95. The number of nitrogens with one attached hydrogen (secondary N) is 3. The normalized spacial score (nSPS) is 11.4. The van der Waals surface area contributed by atoms with E-state index in [1.165, 1.54) is 12.1 Å². The summed E-state index contributed by atoms with van der Waals surface area (Å²) in [7, 11) is 1.63. The Morgan fingerprint density at radius 2 is 1.74 bits per heavy atom. The van der Waals surface area contributed by atoms with Gasteiger partial charge < -0.3 is 20.7 Å². The van der Waals surface area contributed by atoms with Crippen molar-refractivity contribution in [3.8, 4) is 0 Å². The van der Waals surface area contributed by atoms with Crippen LogP contribution in [-0.2, 0) is 11.2 Å². The Morgan fingerprint density at radius 3 is 2.33 bits per heavy atom. The second-order valence-electron chi connectivity index (χ2n) is 6.69. The van der Waals surface area contributed by atoms with Crippen molar-refractivity contribution in [3.63, 3.8) is 0 Å². The molecule has 6 nitrogen and oxygen atoms in total. The molecular formula is C18H29F2IN4O2. The van der Waals surface area contributed by atoms with E-state index in [1.807, 2.05) is 20.8 Å². The number of alkyl carbamates (subject to hydrolysis) is 1. The van der Waals surface area contributed by atoms with Crippen molar-refractivity contribution in [3.05, 3.63) is 35.4 Å². The Kier molecular flexibility index (Phi) is 11.9. The third-order valence-electron chi connectivity index (χ3n) is 3.24. The first-order valence-corrected chi connectivity index (χ1v) is 8.56. The van der Waals surface area contributed by atoms with Crippen molar-refractivity contribution < 1.29 is 18.3 Å². The minimum Gasteiger partial charge on any atom is -0.444 e. The van der Waals surface area contributed by atoms with Gasteiger partial charge in [-0.2, -0.15) is 0 Å². The van der Waals surface area contributed by atoms with Gasteiger partial charge in [-0.15, -0.1) is 24.0 Å². The smallest absolute Gasteiger partial charge is 0.407 e. The van der Waals surface area contributed by atoms with Gasteiger partial charge in [0.1, 0.15) is 17.2 Å². The van der Waals surface area contributed by atoms with Gasteiger partial charge in [-0.3, -0.25) is 4.99 Å². The summed E-state index contributed by atoms with van der Waals surface area (Å²) in [4.78, 5) is 15.6. The van der Waals surface area contributed by atoms with Crippen molar-refractivity contribution in [1.82, 2.24) is 16.0 Å². The van der Waals surface area contributed by atoms with Gasteiger partial charge in [0.2, 0.25) is 0 Å². The van der Waals surface area contributed by atoms with E-state index in [2.05, 4.69) is 20.9 Å². The van der Waals surface area contributed by atoms with E-state index >= 15 is 0 Å². The Hall–Kier alpha value is -1.65. The number of amides is 1. The highest BCUT2D eigenvalue weighted by Crippen LogP contribution is 2.09. The van der Waals surface area contributed by atoms with Crippen molar-refractivity contribution in [2.45, 2.75) is 39.2 Å². The Morgan fingerprint density at radius 1 is 1.11 bits per heavy atom. The predicted octanol–water partition coefficient (Wildman–Crippen LogP) is 3.21. The molecule has 0 unspecified atom stereocenters. The SMILES string of the molecule is CN=C(NCCCNC(=O)OC(C)(C)C)NCCc1ccc(F)cc1F.I. The predicted molar refractivity (Wildman–Crippen MR) is 114 cm³/mol. The van der Waals surface area contributed by atoms with Gasteiger partial charge in [-0.25, -0.2) is 13.6 Å². The number of guanidine groups is 1. The third kappa shape index (κ3) is 11.6. The number of halogens is 3.